The number of likely N-dealkylation sites (N-methyl/N-ethyl adjacent to an activating group) is 1. The number of methoxy groups -OCH3 is 1. The fraction of sp³-hybridized carbons (Fsp3) is 0.389. The van der Waals surface area contributed by atoms with E-state index in [-0.39, 0.29) is 11.6 Å². The van der Waals surface area contributed by atoms with Gasteiger partial charge in [0.15, 0.2) is 0 Å². The summed E-state index contributed by atoms with van der Waals surface area (Å²) in [5.74, 6) is 1.02. The number of aromatic nitrogens is 2. The van der Waals surface area contributed by atoms with Gasteiger partial charge in [-0.2, -0.15) is 0 Å². The van der Waals surface area contributed by atoms with E-state index in [1.165, 1.54) is 6.20 Å². The van der Waals surface area contributed by atoms with Crippen molar-refractivity contribution in [3.63, 3.8) is 0 Å². The number of carbonyl (C=O) groups excluding carboxylic acids is 1. The highest BCUT2D eigenvalue weighted by Gasteiger charge is 2.18. The molecule has 1 aromatic carbocycles. The summed E-state index contributed by atoms with van der Waals surface area (Å²) in [7, 11) is 1.54. The van der Waals surface area contributed by atoms with E-state index >= 15 is 0 Å². The standard InChI is InChI=1S/C18H22ClN5O2/c1-3-23-6-8-24(9-7-23)17-12-20-15(11-21-17)18(25)22-13-4-5-16(26-2)14(19)10-13/h4-5,10-12H,3,6-9H2,1-2H3,(H,22,25). The zero-order chi connectivity index (χ0) is 18.5. The minimum Gasteiger partial charge on any atom is -0.495 e. The largest absolute Gasteiger partial charge is 0.495 e. The van der Waals surface area contributed by atoms with Gasteiger partial charge in [0.2, 0.25) is 0 Å². The van der Waals surface area contributed by atoms with Crippen molar-refractivity contribution in [3.05, 3.63) is 41.3 Å². The highest BCUT2D eigenvalue weighted by Crippen LogP contribution is 2.27. The summed E-state index contributed by atoms with van der Waals surface area (Å²) in [5, 5.41) is 3.19. The lowest BCUT2D eigenvalue weighted by Crippen LogP contribution is -2.46. The molecule has 2 aromatic rings. The quantitative estimate of drug-likeness (QED) is 0.866. The van der Waals surface area contributed by atoms with Crippen LogP contribution in [0, 0.1) is 0 Å². The SMILES string of the molecule is CCN1CCN(c2cnc(C(=O)Nc3ccc(OC)c(Cl)c3)cn2)CC1. The van der Waals surface area contributed by atoms with E-state index in [0.29, 0.717) is 16.5 Å². The topological polar surface area (TPSA) is 70.6 Å². The highest BCUT2D eigenvalue weighted by atomic mass is 35.5. The third-order valence-corrected chi connectivity index (χ3v) is 4.72. The van der Waals surface area contributed by atoms with Gasteiger partial charge in [-0.25, -0.2) is 9.97 Å². The molecule has 1 aliphatic rings. The first-order valence-corrected chi connectivity index (χ1v) is 8.92. The summed E-state index contributed by atoms with van der Waals surface area (Å²) in [5.41, 5.74) is 0.829. The summed E-state index contributed by atoms with van der Waals surface area (Å²) in [6.45, 7) is 7.08. The molecule has 1 fully saturated rings. The zero-order valence-corrected chi connectivity index (χ0v) is 15.7. The molecule has 3 rings (SSSR count). The van der Waals surface area contributed by atoms with Crippen molar-refractivity contribution in [2.75, 3.05) is 50.1 Å². The van der Waals surface area contributed by atoms with E-state index in [9.17, 15) is 4.79 Å². The number of anilines is 2. The van der Waals surface area contributed by atoms with Gasteiger partial charge in [-0.05, 0) is 24.7 Å². The Hall–Kier alpha value is -2.38. The minimum atomic E-state index is -0.332. The van der Waals surface area contributed by atoms with Gasteiger partial charge in [0.05, 0.1) is 24.5 Å². The van der Waals surface area contributed by atoms with Crippen LogP contribution < -0.4 is 15.0 Å². The Morgan fingerprint density at radius 1 is 1.23 bits per heavy atom. The summed E-state index contributed by atoms with van der Waals surface area (Å²) in [6.07, 6.45) is 3.15. The van der Waals surface area contributed by atoms with Gasteiger partial charge in [0.25, 0.3) is 5.91 Å². The Kier molecular flexibility index (Phi) is 5.90. The van der Waals surface area contributed by atoms with Crippen molar-refractivity contribution < 1.29 is 9.53 Å². The van der Waals surface area contributed by atoms with Gasteiger partial charge >= 0.3 is 0 Å². The van der Waals surface area contributed by atoms with E-state index in [4.69, 9.17) is 16.3 Å². The lowest BCUT2D eigenvalue weighted by atomic mass is 10.3. The normalized spacial score (nSPS) is 15.0. The number of piperazine rings is 1. The number of halogens is 1. The molecule has 1 aromatic heterocycles. The molecule has 0 bridgehead atoms. The molecule has 0 atom stereocenters. The predicted molar refractivity (Wildman–Crippen MR) is 102 cm³/mol. The molecule has 1 saturated heterocycles. The Bertz CT molecular complexity index is 761. The average molecular weight is 376 g/mol. The predicted octanol–water partition coefficient (Wildman–Crippen LogP) is 2.53. The molecule has 138 valence electrons. The number of ether oxygens (including phenoxy) is 1. The van der Waals surface area contributed by atoms with Crippen LogP contribution in [-0.4, -0.2) is 60.6 Å². The smallest absolute Gasteiger partial charge is 0.275 e. The first kappa shape index (κ1) is 18.4. The summed E-state index contributed by atoms with van der Waals surface area (Å²) >= 11 is 6.07. The molecule has 2 heterocycles. The van der Waals surface area contributed by atoms with E-state index < -0.39 is 0 Å². The fourth-order valence-corrected chi connectivity index (χ4v) is 3.09. The maximum atomic E-state index is 12.3. The van der Waals surface area contributed by atoms with Crippen LogP contribution in [0.4, 0.5) is 11.5 Å². The second-order valence-electron chi connectivity index (χ2n) is 5.98. The van der Waals surface area contributed by atoms with Gasteiger partial charge < -0.3 is 19.9 Å². The molecule has 0 spiro atoms. The molecule has 1 aliphatic heterocycles. The third kappa shape index (κ3) is 4.23. The number of hydrogen-bond acceptors (Lipinski definition) is 6. The molecule has 26 heavy (non-hydrogen) atoms. The Labute approximate surface area is 157 Å². The Morgan fingerprint density at radius 3 is 2.58 bits per heavy atom. The van der Waals surface area contributed by atoms with E-state index in [2.05, 4.69) is 32.0 Å². The number of benzene rings is 1. The number of carbonyl (C=O) groups is 1. The van der Waals surface area contributed by atoms with Crippen molar-refractivity contribution in [2.45, 2.75) is 6.92 Å². The maximum absolute atomic E-state index is 12.3. The lowest BCUT2D eigenvalue weighted by Gasteiger charge is -2.34. The van der Waals surface area contributed by atoms with Crippen LogP contribution in [0.25, 0.3) is 0 Å². The van der Waals surface area contributed by atoms with Gasteiger partial charge in [-0.1, -0.05) is 18.5 Å². The van der Waals surface area contributed by atoms with Crippen LogP contribution in [0.3, 0.4) is 0 Å². The first-order chi connectivity index (χ1) is 12.6. The summed E-state index contributed by atoms with van der Waals surface area (Å²) < 4.78 is 5.10. The summed E-state index contributed by atoms with van der Waals surface area (Å²) in [6, 6.07) is 5.05. The van der Waals surface area contributed by atoms with Gasteiger partial charge in [-0.15, -0.1) is 0 Å². The van der Waals surface area contributed by atoms with Crippen LogP contribution in [0.2, 0.25) is 5.02 Å². The van der Waals surface area contributed by atoms with E-state index in [0.717, 1.165) is 38.5 Å². The molecular weight excluding hydrogens is 354 g/mol. The number of nitrogens with one attached hydrogen (secondary N) is 1. The fourth-order valence-electron chi connectivity index (χ4n) is 2.83. The van der Waals surface area contributed by atoms with Crippen molar-refractivity contribution in [1.29, 1.82) is 0 Å². The highest BCUT2D eigenvalue weighted by molar-refractivity contribution is 6.32. The van der Waals surface area contributed by atoms with E-state index in [1.807, 2.05) is 0 Å². The Morgan fingerprint density at radius 2 is 2.00 bits per heavy atom. The van der Waals surface area contributed by atoms with Gasteiger partial charge in [0.1, 0.15) is 17.3 Å². The van der Waals surface area contributed by atoms with Crippen LogP contribution >= 0.6 is 11.6 Å². The average Bonchev–Trinajstić information content (AvgIpc) is 2.68. The molecular formula is C18H22ClN5O2. The summed E-state index contributed by atoms with van der Waals surface area (Å²) in [4.78, 5) is 25.6. The minimum absolute atomic E-state index is 0.257. The zero-order valence-electron chi connectivity index (χ0n) is 14.9. The first-order valence-electron chi connectivity index (χ1n) is 8.55. The number of amides is 1. The molecule has 0 aliphatic carbocycles. The number of rotatable bonds is 5. The van der Waals surface area contributed by atoms with Crippen molar-refractivity contribution in [1.82, 2.24) is 14.9 Å². The maximum Gasteiger partial charge on any atom is 0.275 e. The molecule has 1 amide bonds. The van der Waals surface area contributed by atoms with Crippen LogP contribution in [0.5, 0.6) is 5.75 Å². The van der Waals surface area contributed by atoms with E-state index in [1.54, 1.807) is 31.5 Å². The lowest BCUT2D eigenvalue weighted by molar-refractivity contribution is 0.102. The van der Waals surface area contributed by atoms with Crippen LogP contribution in [-0.2, 0) is 0 Å². The van der Waals surface area contributed by atoms with Crippen molar-refractivity contribution in [3.8, 4) is 5.75 Å². The Balaban J connectivity index is 1.63. The van der Waals surface area contributed by atoms with Gasteiger partial charge in [-0.3, -0.25) is 4.79 Å². The molecule has 7 nitrogen and oxygen atoms in total. The van der Waals surface area contributed by atoms with Crippen molar-refractivity contribution in [2.24, 2.45) is 0 Å². The second kappa shape index (κ2) is 8.33. The molecule has 0 saturated carbocycles. The molecule has 1 N–H and O–H groups in total. The molecule has 0 unspecified atom stereocenters. The van der Waals surface area contributed by atoms with Crippen LogP contribution in [0.1, 0.15) is 17.4 Å². The van der Waals surface area contributed by atoms with Gasteiger partial charge in [0, 0.05) is 31.9 Å². The monoisotopic (exact) mass is 375 g/mol. The van der Waals surface area contributed by atoms with Crippen molar-refractivity contribution >= 4 is 29.0 Å². The molecule has 8 heteroatoms. The van der Waals surface area contributed by atoms with Crippen LogP contribution in [0.15, 0.2) is 30.6 Å². The number of hydrogen-bond donors (Lipinski definition) is 1. The number of nitrogens with zero attached hydrogens (tertiary/aromatic N) is 4. The second-order valence-corrected chi connectivity index (χ2v) is 6.39. The molecule has 0 radical (unpaired) electrons. The third-order valence-electron chi connectivity index (χ3n) is 4.42.